The van der Waals surface area contributed by atoms with E-state index in [1.54, 1.807) is 23.2 Å². The second-order valence-corrected chi connectivity index (χ2v) is 4.89. The largest absolute Gasteiger partial charge is 0.385 e. The SMILES string of the molecule is C#CC(C)N1C(=O)N=C(N)C1c1sccc1C. The van der Waals surface area contributed by atoms with Crippen molar-refractivity contribution in [2.24, 2.45) is 10.7 Å². The smallest absolute Gasteiger partial charge is 0.347 e. The number of hydrogen-bond acceptors (Lipinski definition) is 3. The fraction of sp³-hybridized carbons (Fsp3) is 0.333. The average molecular weight is 247 g/mol. The first-order chi connectivity index (χ1) is 8.06. The Balaban J connectivity index is 2.44. The zero-order valence-corrected chi connectivity index (χ0v) is 10.5. The Bertz CT molecular complexity index is 526. The van der Waals surface area contributed by atoms with E-state index in [2.05, 4.69) is 10.9 Å². The highest BCUT2D eigenvalue weighted by Gasteiger charge is 2.38. The Kier molecular flexibility index (Phi) is 2.90. The number of terminal acetylenes is 1. The molecule has 0 radical (unpaired) electrons. The van der Waals surface area contributed by atoms with Crippen LogP contribution in [0.1, 0.15) is 23.4 Å². The Morgan fingerprint density at radius 1 is 1.71 bits per heavy atom. The number of nitrogens with zero attached hydrogens (tertiary/aromatic N) is 2. The van der Waals surface area contributed by atoms with Gasteiger partial charge in [-0.05, 0) is 30.9 Å². The molecule has 0 spiro atoms. The molecule has 0 saturated heterocycles. The van der Waals surface area contributed by atoms with Crippen molar-refractivity contribution in [3.8, 4) is 12.3 Å². The van der Waals surface area contributed by atoms with Gasteiger partial charge in [0.15, 0.2) is 0 Å². The van der Waals surface area contributed by atoms with Crippen LogP contribution in [0.15, 0.2) is 16.4 Å². The Morgan fingerprint density at radius 2 is 2.41 bits per heavy atom. The standard InChI is InChI=1S/C12H13N3OS/c1-4-8(3)15-9(11(13)14-12(15)16)10-7(2)5-6-17-10/h1,5-6,8-9H,2-3H3,(H2,13,14,16). The number of nitrogens with two attached hydrogens (primary N) is 1. The molecule has 4 nitrogen and oxygen atoms in total. The Hall–Kier alpha value is -1.80. The van der Waals surface area contributed by atoms with Crippen LogP contribution in [-0.4, -0.2) is 22.8 Å². The van der Waals surface area contributed by atoms with Crippen molar-refractivity contribution in [2.75, 3.05) is 0 Å². The number of hydrogen-bond donors (Lipinski definition) is 1. The summed E-state index contributed by atoms with van der Waals surface area (Å²) < 4.78 is 0. The lowest BCUT2D eigenvalue weighted by Gasteiger charge is -2.26. The Morgan fingerprint density at radius 3 is 2.94 bits per heavy atom. The summed E-state index contributed by atoms with van der Waals surface area (Å²) in [5, 5.41) is 1.97. The molecule has 1 aromatic rings. The highest BCUT2D eigenvalue weighted by Crippen LogP contribution is 2.33. The van der Waals surface area contributed by atoms with Gasteiger partial charge in [-0.15, -0.1) is 17.8 Å². The molecular formula is C12H13N3OS. The van der Waals surface area contributed by atoms with Gasteiger partial charge >= 0.3 is 6.03 Å². The molecule has 1 aliphatic heterocycles. The maximum Gasteiger partial charge on any atom is 0.347 e. The third-order valence-electron chi connectivity index (χ3n) is 2.81. The fourth-order valence-electron chi connectivity index (χ4n) is 1.88. The first kappa shape index (κ1) is 11.7. The zero-order valence-electron chi connectivity index (χ0n) is 9.68. The number of amides is 2. The van der Waals surface area contributed by atoms with Gasteiger partial charge in [-0.1, -0.05) is 5.92 Å². The van der Waals surface area contributed by atoms with Gasteiger partial charge in [-0.25, -0.2) is 4.79 Å². The van der Waals surface area contributed by atoms with Crippen LogP contribution >= 0.6 is 11.3 Å². The number of aryl methyl sites for hydroxylation is 1. The predicted octanol–water partition coefficient (Wildman–Crippen LogP) is 1.91. The van der Waals surface area contributed by atoms with Gasteiger partial charge in [0.2, 0.25) is 0 Å². The maximum absolute atomic E-state index is 11.8. The van der Waals surface area contributed by atoms with E-state index in [1.165, 1.54) is 0 Å². The van der Waals surface area contributed by atoms with Crippen molar-refractivity contribution in [3.63, 3.8) is 0 Å². The van der Waals surface area contributed by atoms with Crippen molar-refractivity contribution in [2.45, 2.75) is 25.9 Å². The molecule has 0 fully saturated rings. The average Bonchev–Trinajstić information content (AvgIpc) is 2.81. The molecule has 88 valence electrons. The van der Waals surface area contributed by atoms with Crippen LogP contribution in [0.5, 0.6) is 0 Å². The molecule has 0 aliphatic carbocycles. The van der Waals surface area contributed by atoms with Gasteiger partial charge in [0.25, 0.3) is 0 Å². The third kappa shape index (κ3) is 1.81. The van der Waals surface area contributed by atoms with Gasteiger partial charge < -0.3 is 5.73 Å². The molecule has 1 aliphatic rings. The molecule has 2 amide bonds. The molecule has 5 heteroatoms. The monoisotopic (exact) mass is 247 g/mol. The van der Waals surface area contributed by atoms with Crippen molar-refractivity contribution in [3.05, 3.63) is 21.9 Å². The van der Waals surface area contributed by atoms with Gasteiger partial charge in [-0.2, -0.15) is 4.99 Å². The molecule has 0 saturated carbocycles. The lowest BCUT2D eigenvalue weighted by atomic mass is 10.1. The highest BCUT2D eigenvalue weighted by molar-refractivity contribution is 7.10. The van der Waals surface area contributed by atoms with Gasteiger partial charge in [0.1, 0.15) is 11.9 Å². The molecular weight excluding hydrogens is 234 g/mol. The predicted molar refractivity (Wildman–Crippen MR) is 68.9 cm³/mol. The third-order valence-corrected chi connectivity index (χ3v) is 3.88. The molecule has 2 rings (SSSR count). The summed E-state index contributed by atoms with van der Waals surface area (Å²) in [6.07, 6.45) is 5.38. The molecule has 2 N–H and O–H groups in total. The minimum absolute atomic E-state index is 0.312. The van der Waals surface area contributed by atoms with Crippen LogP contribution in [0.25, 0.3) is 0 Å². The number of carbonyl (C=O) groups is 1. The lowest BCUT2D eigenvalue weighted by Crippen LogP contribution is -2.38. The van der Waals surface area contributed by atoms with Crippen molar-refractivity contribution < 1.29 is 4.79 Å². The molecule has 0 aromatic carbocycles. The zero-order chi connectivity index (χ0) is 12.6. The molecule has 17 heavy (non-hydrogen) atoms. The van der Waals surface area contributed by atoms with E-state index in [0.29, 0.717) is 5.84 Å². The van der Waals surface area contributed by atoms with Crippen LogP contribution in [0.2, 0.25) is 0 Å². The van der Waals surface area contributed by atoms with Crippen LogP contribution in [0.3, 0.4) is 0 Å². The first-order valence-corrected chi connectivity index (χ1v) is 6.10. The Labute approximate surface area is 104 Å². The highest BCUT2D eigenvalue weighted by atomic mass is 32.1. The van der Waals surface area contributed by atoms with Gasteiger partial charge in [0, 0.05) is 4.88 Å². The number of rotatable bonds is 2. The van der Waals surface area contributed by atoms with Crippen LogP contribution < -0.4 is 5.73 Å². The lowest BCUT2D eigenvalue weighted by molar-refractivity contribution is 0.199. The topological polar surface area (TPSA) is 58.7 Å². The first-order valence-electron chi connectivity index (χ1n) is 5.22. The second-order valence-electron chi connectivity index (χ2n) is 3.94. The van der Waals surface area contributed by atoms with E-state index in [0.717, 1.165) is 10.4 Å². The summed E-state index contributed by atoms with van der Waals surface area (Å²) in [6.45, 7) is 3.78. The van der Waals surface area contributed by atoms with Crippen molar-refractivity contribution in [1.29, 1.82) is 0 Å². The van der Waals surface area contributed by atoms with Crippen LogP contribution in [0, 0.1) is 19.3 Å². The van der Waals surface area contributed by atoms with Crippen molar-refractivity contribution in [1.82, 2.24) is 4.90 Å². The van der Waals surface area contributed by atoms with Crippen molar-refractivity contribution >= 4 is 23.2 Å². The number of urea groups is 1. The number of amidine groups is 1. The number of carbonyl (C=O) groups excluding carboxylic acids is 1. The minimum atomic E-state index is -0.356. The van der Waals surface area contributed by atoms with E-state index >= 15 is 0 Å². The summed E-state index contributed by atoms with van der Waals surface area (Å²) in [5.74, 6) is 2.87. The second kappa shape index (κ2) is 4.22. The molecule has 2 heterocycles. The molecule has 0 bridgehead atoms. The summed E-state index contributed by atoms with van der Waals surface area (Å²) >= 11 is 1.56. The molecule has 2 atom stereocenters. The van der Waals surface area contributed by atoms with E-state index < -0.39 is 0 Å². The number of aliphatic imine (C=N–C) groups is 1. The maximum atomic E-state index is 11.8. The van der Waals surface area contributed by atoms with E-state index in [9.17, 15) is 4.79 Å². The van der Waals surface area contributed by atoms with Crippen LogP contribution in [0.4, 0.5) is 4.79 Å². The van der Waals surface area contributed by atoms with E-state index in [-0.39, 0.29) is 18.1 Å². The van der Waals surface area contributed by atoms with Gasteiger partial charge in [0.05, 0.1) is 6.04 Å². The quantitative estimate of drug-likeness (QED) is 0.812. The summed E-state index contributed by atoms with van der Waals surface area (Å²) in [7, 11) is 0. The van der Waals surface area contributed by atoms with E-state index in [4.69, 9.17) is 12.2 Å². The molecule has 2 unspecified atom stereocenters. The minimum Gasteiger partial charge on any atom is -0.385 e. The summed E-state index contributed by atoms with van der Waals surface area (Å²) in [5.41, 5.74) is 6.94. The summed E-state index contributed by atoms with van der Waals surface area (Å²) in [6, 6.07) is 1.01. The number of thiophene rings is 1. The summed E-state index contributed by atoms with van der Waals surface area (Å²) in [4.78, 5) is 18.2. The van der Waals surface area contributed by atoms with Gasteiger partial charge in [-0.3, -0.25) is 4.90 Å². The van der Waals surface area contributed by atoms with E-state index in [1.807, 2.05) is 18.4 Å². The fourth-order valence-corrected chi connectivity index (χ4v) is 2.91. The molecule has 1 aromatic heterocycles. The van der Waals surface area contributed by atoms with Crippen LogP contribution in [-0.2, 0) is 0 Å². The normalized spacial score (nSPS) is 21.2.